The Morgan fingerprint density at radius 3 is 2.40 bits per heavy atom. The van der Waals surface area contributed by atoms with Crippen LogP contribution in [0.25, 0.3) is 10.9 Å². The second kappa shape index (κ2) is 6.08. The molecule has 3 aromatic rings. The Balaban J connectivity index is 2.26. The number of aryl methyl sites for hydroxylation is 1. The molecule has 0 atom stereocenters. The highest BCUT2D eigenvalue weighted by Crippen LogP contribution is 2.35. The van der Waals surface area contributed by atoms with Crippen LogP contribution >= 0.6 is 0 Å². The molecule has 7 heteroatoms. The molecule has 0 aliphatic carbocycles. The number of nitrogens with two attached hydrogens (primary N) is 1. The van der Waals surface area contributed by atoms with E-state index >= 15 is 0 Å². The maximum absolute atomic E-state index is 13.0. The Kier molecular flexibility index (Phi) is 4.08. The minimum absolute atomic E-state index is 0.135. The summed E-state index contributed by atoms with van der Waals surface area (Å²) < 4.78 is 38.9. The number of pyridine rings is 1. The molecule has 0 bridgehead atoms. The Morgan fingerprint density at radius 2 is 1.80 bits per heavy atom. The molecule has 128 valence electrons. The molecule has 0 spiro atoms. The first kappa shape index (κ1) is 16.8. The van der Waals surface area contributed by atoms with Gasteiger partial charge in [0, 0.05) is 11.1 Å². The Morgan fingerprint density at radius 1 is 1.12 bits per heavy atom. The molecule has 0 fully saturated rings. The molecular formula is C18H14F3N3O. The van der Waals surface area contributed by atoms with Crippen molar-refractivity contribution in [2.24, 2.45) is 5.73 Å². The predicted molar refractivity (Wildman–Crippen MR) is 89.7 cm³/mol. The maximum atomic E-state index is 13.0. The number of fused-ring (bicyclic) bond motifs is 1. The van der Waals surface area contributed by atoms with E-state index in [1.165, 1.54) is 13.0 Å². The standard InChI is InChI=1S/C18H14F3N3O/c1-10-15(17(22)25)16(24-12-5-3-2-4-6-12)13-8-7-11(18(19,20)21)9-14(13)23-10/h2-9H,1H3,(H2,22,25)(H,23,24). The number of alkyl halides is 3. The summed E-state index contributed by atoms with van der Waals surface area (Å²) in [4.78, 5) is 16.0. The van der Waals surface area contributed by atoms with Gasteiger partial charge in [-0.25, -0.2) is 0 Å². The first-order valence-electron chi connectivity index (χ1n) is 7.41. The number of carbonyl (C=O) groups excluding carboxylic acids is 1. The van der Waals surface area contributed by atoms with Crippen molar-refractivity contribution in [2.45, 2.75) is 13.1 Å². The van der Waals surface area contributed by atoms with E-state index < -0.39 is 17.6 Å². The largest absolute Gasteiger partial charge is 0.416 e. The molecule has 4 nitrogen and oxygen atoms in total. The molecule has 0 saturated carbocycles. The van der Waals surface area contributed by atoms with E-state index in [0.717, 1.165) is 12.1 Å². The number of hydrogen-bond acceptors (Lipinski definition) is 3. The summed E-state index contributed by atoms with van der Waals surface area (Å²) in [6, 6.07) is 12.2. The maximum Gasteiger partial charge on any atom is 0.416 e. The van der Waals surface area contributed by atoms with E-state index in [2.05, 4.69) is 10.3 Å². The molecule has 25 heavy (non-hydrogen) atoms. The summed E-state index contributed by atoms with van der Waals surface area (Å²) >= 11 is 0. The number of amides is 1. The third kappa shape index (κ3) is 3.26. The second-order valence-corrected chi connectivity index (χ2v) is 5.53. The Bertz CT molecular complexity index is 953. The number of hydrogen-bond donors (Lipinski definition) is 2. The lowest BCUT2D eigenvalue weighted by atomic mass is 10.0. The van der Waals surface area contributed by atoms with Crippen LogP contribution in [-0.2, 0) is 6.18 Å². The molecule has 0 saturated heterocycles. The van der Waals surface area contributed by atoms with Gasteiger partial charge in [0.1, 0.15) is 0 Å². The summed E-state index contributed by atoms with van der Waals surface area (Å²) in [5, 5.41) is 3.46. The Labute approximate surface area is 141 Å². The quantitative estimate of drug-likeness (QED) is 0.739. The van der Waals surface area contributed by atoms with Crippen LogP contribution in [0.5, 0.6) is 0 Å². The highest BCUT2D eigenvalue weighted by Gasteiger charge is 2.31. The van der Waals surface area contributed by atoms with Gasteiger partial charge in [-0.2, -0.15) is 13.2 Å². The van der Waals surface area contributed by atoms with Gasteiger partial charge in [0.25, 0.3) is 5.91 Å². The van der Waals surface area contributed by atoms with Crippen molar-refractivity contribution in [3.63, 3.8) is 0 Å². The molecule has 1 amide bonds. The van der Waals surface area contributed by atoms with Gasteiger partial charge in [-0.3, -0.25) is 9.78 Å². The number of nitrogens with one attached hydrogen (secondary N) is 1. The van der Waals surface area contributed by atoms with Crippen molar-refractivity contribution in [3.8, 4) is 0 Å². The molecule has 0 unspecified atom stereocenters. The van der Waals surface area contributed by atoms with Crippen molar-refractivity contribution >= 4 is 28.2 Å². The van der Waals surface area contributed by atoms with Gasteiger partial charge in [0.15, 0.2) is 0 Å². The van der Waals surface area contributed by atoms with Gasteiger partial charge in [-0.1, -0.05) is 24.3 Å². The molecule has 3 N–H and O–H groups in total. The molecule has 0 radical (unpaired) electrons. The van der Waals surface area contributed by atoms with E-state index in [0.29, 0.717) is 16.8 Å². The fraction of sp³-hybridized carbons (Fsp3) is 0.111. The SMILES string of the molecule is Cc1nc2cc(C(F)(F)F)ccc2c(Nc2ccccc2)c1C(N)=O. The van der Waals surface area contributed by atoms with Crippen molar-refractivity contribution in [1.82, 2.24) is 4.98 Å². The summed E-state index contributed by atoms with van der Waals surface area (Å²) in [6.45, 7) is 1.54. The molecule has 1 aromatic heterocycles. The monoisotopic (exact) mass is 345 g/mol. The topological polar surface area (TPSA) is 68.0 Å². The Hall–Kier alpha value is -3.09. The lowest BCUT2D eigenvalue weighted by molar-refractivity contribution is -0.137. The van der Waals surface area contributed by atoms with Gasteiger partial charge in [0.2, 0.25) is 0 Å². The normalized spacial score (nSPS) is 11.5. The summed E-state index contributed by atoms with van der Waals surface area (Å²) in [5.41, 5.74) is 6.22. The fourth-order valence-electron chi connectivity index (χ4n) is 2.66. The molecule has 3 rings (SSSR count). The van der Waals surface area contributed by atoms with Crippen molar-refractivity contribution in [2.75, 3.05) is 5.32 Å². The van der Waals surface area contributed by atoms with Crippen molar-refractivity contribution in [1.29, 1.82) is 0 Å². The number of aromatic nitrogens is 1. The van der Waals surface area contributed by atoms with E-state index in [1.54, 1.807) is 24.3 Å². The second-order valence-electron chi connectivity index (χ2n) is 5.53. The van der Waals surface area contributed by atoms with E-state index in [9.17, 15) is 18.0 Å². The molecule has 2 aromatic carbocycles. The van der Waals surface area contributed by atoms with Crippen molar-refractivity contribution < 1.29 is 18.0 Å². The third-order valence-electron chi connectivity index (χ3n) is 3.78. The van der Waals surface area contributed by atoms with Gasteiger partial charge >= 0.3 is 6.18 Å². The molecular weight excluding hydrogens is 331 g/mol. The summed E-state index contributed by atoms with van der Waals surface area (Å²) in [6.07, 6.45) is -4.47. The number of halogens is 3. The average molecular weight is 345 g/mol. The first-order chi connectivity index (χ1) is 11.8. The first-order valence-corrected chi connectivity index (χ1v) is 7.41. The number of primary amides is 1. The van der Waals surface area contributed by atoms with Crippen LogP contribution in [0.1, 0.15) is 21.6 Å². The van der Waals surface area contributed by atoms with E-state index in [4.69, 9.17) is 5.73 Å². The third-order valence-corrected chi connectivity index (χ3v) is 3.78. The molecule has 0 aliphatic heterocycles. The minimum atomic E-state index is -4.47. The van der Waals surface area contributed by atoms with E-state index in [1.807, 2.05) is 6.07 Å². The lowest BCUT2D eigenvalue weighted by Gasteiger charge is -2.16. The lowest BCUT2D eigenvalue weighted by Crippen LogP contribution is -2.16. The van der Waals surface area contributed by atoms with Gasteiger partial charge in [0.05, 0.1) is 28.0 Å². The smallest absolute Gasteiger partial charge is 0.365 e. The molecule has 1 heterocycles. The number of rotatable bonds is 3. The zero-order valence-corrected chi connectivity index (χ0v) is 13.2. The predicted octanol–water partition coefficient (Wildman–Crippen LogP) is 4.40. The minimum Gasteiger partial charge on any atom is -0.365 e. The summed E-state index contributed by atoms with van der Waals surface area (Å²) in [5.74, 6) is -0.703. The van der Waals surface area contributed by atoms with Crippen LogP contribution in [0.15, 0.2) is 48.5 Å². The van der Waals surface area contributed by atoms with Crippen LogP contribution < -0.4 is 11.1 Å². The van der Waals surface area contributed by atoms with E-state index in [-0.39, 0.29) is 16.8 Å². The number of nitrogens with zero attached hydrogens (tertiary/aromatic N) is 1. The van der Waals surface area contributed by atoms with Crippen molar-refractivity contribution in [3.05, 3.63) is 65.4 Å². The van der Waals surface area contributed by atoms with Crippen LogP contribution in [0.4, 0.5) is 24.5 Å². The van der Waals surface area contributed by atoms with Crippen LogP contribution in [0.2, 0.25) is 0 Å². The number of anilines is 2. The zero-order chi connectivity index (χ0) is 18.2. The molecule has 0 aliphatic rings. The van der Waals surface area contributed by atoms with Crippen LogP contribution in [0, 0.1) is 6.92 Å². The number of para-hydroxylation sites is 1. The van der Waals surface area contributed by atoms with Gasteiger partial charge in [-0.05, 0) is 31.2 Å². The zero-order valence-electron chi connectivity index (χ0n) is 13.2. The highest BCUT2D eigenvalue weighted by molar-refractivity contribution is 6.08. The summed E-state index contributed by atoms with van der Waals surface area (Å²) in [7, 11) is 0. The average Bonchev–Trinajstić information content (AvgIpc) is 2.54. The van der Waals surface area contributed by atoms with Crippen LogP contribution in [0.3, 0.4) is 0 Å². The van der Waals surface area contributed by atoms with Gasteiger partial charge in [-0.15, -0.1) is 0 Å². The fourth-order valence-corrected chi connectivity index (χ4v) is 2.66. The highest BCUT2D eigenvalue weighted by atomic mass is 19.4. The number of carbonyl (C=O) groups is 1. The van der Waals surface area contributed by atoms with Crippen LogP contribution in [-0.4, -0.2) is 10.9 Å². The number of benzene rings is 2. The van der Waals surface area contributed by atoms with Gasteiger partial charge < -0.3 is 11.1 Å².